The van der Waals surface area contributed by atoms with Crippen LogP contribution in [0.5, 0.6) is 0 Å². The smallest absolute Gasteiger partial charge is 0.257 e. The van der Waals surface area contributed by atoms with Crippen LogP contribution in [0.25, 0.3) is 27.9 Å². The predicted molar refractivity (Wildman–Crippen MR) is 118 cm³/mol. The van der Waals surface area contributed by atoms with Gasteiger partial charge in [0, 0.05) is 11.1 Å². The van der Waals surface area contributed by atoms with Crippen LogP contribution in [0, 0.1) is 0 Å². The van der Waals surface area contributed by atoms with Crippen molar-refractivity contribution in [3.05, 3.63) is 58.1 Å². The van der Waals surface area contributed by atoms with E-state index in [1.807, 2.05) is 38.1 Å². The van der Waals surface area contributed by atoms with Crippen LogP contribution in [0.15, 0.2) is 42.5 Å². The largest absolute Gasteiger partial charge is 0.384 e. The van der Waals surface area contributed by atoms with E-state index in [9.17, 15) is 4.79 Å². The summed E-state index contributed by atoms with van der Waals surface area (Å²) in [5, 5.41) is 3.88. The molecule has 0 radical (unpaired) electrons. The van der Waals surface area contributed by atoms with Crippen molar-refractivity contribution >= 4 is 57.1 Å². The maximum absolute atomic E-state index is 13.1. The Bertz CT molecular complexity index is 1250. The lowest BCUT2D eigenvalue weighted by Gasteiger charge is -2.12. The molecule has 4 aromatic rings. The van der Waals surface area contributed by atoms with Crippen molar-refractivity contribution in [2.45, 2.75) is 26.3 Å². The molecule has 6 nitrogen and oxygen atoms in total. The molecule has 29 heavy (non-hydrogen) atoms. The first kappa shape index (κ1) is 19.5. The fourth-order valence-corrected chi connectivity index (χ4v) is 3.55. The van der Waals surface area contributed by atoms with Crippen LogP contribution in [0.4, 0.5) is 5.82 Å². The summed E-state index contributed by atoms with van der Waals surface area (Å²) < 4.78 is 1.63. The number of nitrogens with one attached hydrogen (secondary N) is 1. The normalized spacial score (nSPS) is 12.4. The van der Waals surface area contributed by atoms with Crippen molar-refractivity contribution in [2.75, 3.05) is 5.73 Å². The third kappa shape index (κ3) is 3.39. The summed E-state index contributed by atoms with van der Waals surface area (Å²) in [5.74, 6) is -0.0939. The minimum Gasteiger partial charge on any atom is -0.384 e. The van der Waals surface area contributed by atoms with E-state index in [0.717, 1.165) is 6.42 Å². The zero-order chi connectivity index (χ0) is 20.7. The van der Waals surface area contributed by atoms with Gasteiger partial charge in [-0.15, -0.1) is 0 Å². The van der Waals surface area contributed by atoms with Gasteiger partial charge in [0.15, 0.2) is 5.65 Å². The summed E-state index contributed by atoms with van der Waals surface area (Å²) in [6, 6.07) is 12.5. The average molecular weight is 428 g/mol. The molecule has 0 aliphatic heterocycles. The van der Waals surface area contributed by atoms with Crippen molar-refractivity contribution in [3.63, 3.8) is 0 Å². The lowest BCUT2D eigenvalue weighted by Crippen LogP contribution is -2.32. The van der Waals surface area contributed by atoms with Gasteiger partial charge in [-0.2, -0.15) is 0 Å². The molecule has 1 amide bonds. The summed E-state index contributed by atoms with van der Waals surface area (Å²) in [6.45, 7) is 3.93. The van der Waals surface area contributed by atoms with Gasteiger partial charge in [0.05, 0.1) is 21.7 Å². The highest BCUT2D eigenvalue weighted by molar-refractivity contribution is 6.34. The number of halogens is 2. The predicted octanol–water partition coefficient (Wildman–Crippen LogP) is 4.99. The third-order valence-electron chi connectivity index (χ3n) is 4.86. The number of rotatable bonds is 4. The average Bonchev–Trinajstić information content (AvgIpc) is 2.98. The van der Waals surface area contributed by atoms with Crippen LogP contribution in [0.3, 0.4) is 0 Å². The second kappa shape index (κ2) is 7.54. The Morgan fingerprint density at radius 2 is 1.86 bits per heavy atom. The van der Waals surface area contributed by atoms with E-state index in [1.54, 1.807) is 22.8 Å². The highest BCUT2D eigenvalue weighted by atomic mass is 35.5. The fourth-order valence-electron chi connectivity index (χ4n) is 3.18. The number of nitrogen functional groups attached to an aromatic ring is 1. The van der Waals surface area contributed by atoms with E-state index in [-0.39, 0.29) is 23.3 Å². The highest BCUT2D eigenvalue weighted by Gasteiger charge is 2.26. The molecule has 2 aromatic heterocycles. The van der Waals surface area contributed by atoms with Crippen LogP contribution in [0.2, 0.25) is 10.0 Å². The summed E-state index contributed by atoms with van der Waals surface area (Å²) >= 11 is 12.6. The third-order valence-corrected chi connectivity index (χ3v) is 5.42. The summed E-state index contributed by atoms with van der Waals surface area (Å²) in [7, 11) is 0. The Morgan fingerprint density at radius 1 is 1.17 bits per heavy atom. The number of nitrogens with two attached hydrogens (primary N) is 1. The van der Waals surface area contributed by atoms with E-state index < -0.39 is 0 Å². The number of hydrogen-bond donors (Lipinski definition) is 2. The number of amides is 1. The minimum absolute atomic E-state index is 0.0107. The van der Waals surface area contributed by atoms with Crippen LogP contribution in [-0.4, -0.2) is 26.5 Å². The number of carbonyl (C=O) groups is 1. The number of hydrogen-bond acceptors (Lipinski definition) is 4. The van der Waals surface area contributed by atoms with Crippen molar-refractivity contribution in [1.82, 2.24) is 19.9 Å². The van der Waals surface area contributed by atoms with Crippen molar-refractivity contribution < 1.29 is 4.79 Å². The Hall–Kier alpha value is -2.83. The first-order valence-electron chi connectivity index (χ1n) is 9.23. The number of para-hydroxylation sites is 2. The second-order valence-corrected chi connectivity index (χ2v) is 7.70. The molecule has 0 fully saturated rings. The quantitative estimate of drug-likeness (QED) is 0.480. The summed E-state index contributed by atoms with van der Waals surface area (Å²) in [4.78, 5) is 22.5. The first-order valence-corrected chi connectivity index (χ1v) is 9.99. The first-order chi connectivity index (χ1) is 13.9. The minimum atomic E-state index is -0.302. The lowest BCUT2D eigenvalue weighted by molar-refractivity contribution is 0.0941. The molecule has 2 aromatic carbocycles. The van der Waals surface area contributed by atoms with E-state index in [2.05, 4.69) is 5.32 Å². The van der Waals surface area contributed by atoms with E-state index in [0.29, 0.717) is 37.9 Å². The van der Waals surface area contributed by atoms with Crippen molar-refractivity contribution in [1.29, 1.82) is 0 Å². The number of nitrogens with zero attached hydrogens (tertiary/aromatic N) is 3. The monoisotopic (exact) mass is 427 g/mol. The highest BCUT2D eigenvalue weighted by Crippen LogP contribution is 2.34. The molecule has 3 N–H and O–H groups in total. The van der Waals surface area contributed by atoms with Crippen LogP contribution in [0.1, 0.15) is 30.6 Å². The molecule has 0 saturated carbocycles. The molecular weight excluding hydrogens is 409 g/mol. The lowest BCUT2D eigenvalue weighted by atomic mass is 10.2. The molecule has 0 unspecified atom stereocenters. The van der Waals surface area contributed by atoms with Crippen molar-refractivity contribution in [3.8, 4) is 5.69 Å². The molecule has 0 spiro atoms. The molecule has 0 aliphatic carbocycles. The van der Waals surface area contributed by atoms with E-state index >= 15 is 0 Å². The number of anilines is 1. The van der Waals surface area contributed by atoms with Crippen LogP contribution < -0.4 is 11.1 Å². The van der Waals surface area contributed by atoms with Crippen LogP contribution >= 0.6 is 23.2 Å². The number of fused-ring (bicyclic) bond motifs is 2. The van der Waals surface area contributed by atoms with Gasteiger partial charge in [-0.3, -0.25) is 9.36 Å². The van der Waals surface area contributed by atoms with Crippen molar-refractivity contribution in [2.24, 2.45) is 0 Å². The number of aromatic nitrogens is 3. The van der Waals surface area contributed by atoms with Gasteiger partial charge >= 0.3 is 0 Å². The molecule has 8 heteroatoms. The van der Waals surface area contributed by atoms with E-state index in [1.165, 1.54) is 0 Å². The maximum Gasteiger partial charge on any atom is 0.257 e. The van der Waals surface area contributed by atoms with Gasteiger partial charge in [0.2, 0.25) is 0 Å². The molecular formula is C21H19Cl2N5O. The van der Waals surface area contributed by atoms with Gasteiger partial charge in [-0.05, 0) is 43.7 Å². The van der Waals surface area contributed by atoms with Gasteiger partial charge in [0.25, 0.3) is 5.91 Å². The molecule has 0 aliphatic rings. The second-order valence-electron chi connectivity index (χ2n) is 6.86. The molecule has 4 rings (SSSR count). The SMILES string of the molecule is CC[C@H](C)NC(=O)c1c(N)n(-c2cc(Cl)ccc2Cl)c2nc3ccccc3nc12. The standard InChI is InChI=1S/C21H19Cl2N5O/c1-3-11(2)25-21(29)17-18-20(27-15-7-5-4-6-14(15)26-18)28(19(17)24)16-10-12(22)8-9-13(16)23/h4-11H,3,24H2,1-2H3,(H,25,29)/t11-/m0/s1. The molecule has 0 bridgehead atoms. The topological polar surface area (TPSA) is 85.8 Å². The summed E-state index contributed by atoms with van der Waals surface area (Å²) in [6.07, 6.45) is 0.791. The number of benzene rings is 2. The van der Waals surface area contributed by atoms with Gasteiger partial charge in [0.1, 0.15) is 16.9 Å². The maximum atomic E-state index is 13.1. The summed E-state index contributed by atoms with van der Waals surface area (Å²) in [5.41, 5.74) is 9.49. The molecule has 2 heterocycles. The fraction of sp³-hybridized carbons (Fsp3) is 0.190. The molecule has 1 atom stereocenters. The van der Waals surface area contributed by atoms with Gasteiger partial charge in [-0.25, -0.2) is 9.97 Å². The Balaban J connectivity index is 2.07. The number of carbonyl (C=O) groups excluding carboxylic acids is 1. The molecule has 148 valence electrons. The van der Waals surface area contributed by atoms with Crippen LogP contribution in [-0.2, 0) is 0 Å². The Morgan fingerprint density at radius 3 is 2.55 bits per heavy atom. The zero-order valence-electron chi connectivity index (χ0n) is 15.9. The van der Waals surface area contributed by atoms with Gasteiger partial charge < -0.3 is 11.1 Å². The van der Waals surface area contributed by atoms with Gasteiger partial charge in [-0.1, -0.05) is 42.3 Å². The Labute approximate surface area is 177 Å². The molecule has 0 saturated heterocycles. The zero-order valence-corrected chi connectivity index (χ0v) is 17.4. The van der Waals surface area contributed by atoms with E-state index in [4.69, 9.17) is 38.9 Å². The Kier molecular flexibility index (Phi) is 5.06.